The number of rotatable bonds is 4. The number of urea groups is 1. The highest BCUT2D eigenvalue weighted by Crippen LogP contribution is 2.26. The molecule has 0 saturated heterocycles. The van der Waals surface area contributed by atoms with E-state index in [1.165, 1.54) is 0 Å². The highest BCUT2D eigenvalue weighted by Gasteiger charge is 2.36. The number of amides is 2. The second-order valence-electron chi connectivity index (χ2n) is 6.00. The van der Waals surface area contributed by atoms with E-state index in [0.717, 1.165) is 12.8 Å². The van der Waals surface area contributed by atoms with Gasteiger partial charge in [0.2, 0.25) is 0 Å². The molecular formula is C14H24N2O3. The van der Waals surface area contributed by atoms with Gasteiger partial charge in [-0.05, 0) is 33.6 Å². The molecular weight excluding hydrogens is 244 g/mol. The fourth-order valence-corrected chi connectivity index (χ4v) is 2.46. The number of aliphatic carboxylic acids is 1. The minimum Gasteiger partial charge on any atom is -0.481 e. The fraction of sp³-hybridized carbons (Fsp3) is 0.714. The lowest BCUT2D eigenvalue weighted by atomic mass is 10.0. The molecule has 5 heteroatoms. The largest absolute Gasteiger partial charge is 0.481 e. The molecule has 108 valence electrons. The number of carboxylic acids is 1. The summed E-state index contributed by atoms with van der Waals surface area (Å²) >= 11 is 0. The number of carboxylic acid groups (broad SMARTS) is 1. The van der Waals surface area contributed by atoms with Crippen molar-refractivity contribution in [2.75, 3.05) is 6.54 Å². The molecule has 1 rings (SSSR count). The van der Waals surface area contributed by atoms with Crippen LogP contribution in [0.3, 0.4) is 0 Å². The molecule has 1 fully saturated rings. The molecule has 0 aromatic carbocycles. The summed E-state index contributed by atoms with van der Waals surface area (Å²) in [4.78, 5) is 25.0. The van der Waals surface area contributed by atoms with Crippen molar-refractivity contribution in [3.05, 3.63) is 12.7 Å². The van der Waals surface area contributed by atoms with Crippen molar-refractivity contribution < 1.29 is 14.7 Å². The minimum atomic E-state index is -0.825. The van der Waals surface area contributed by atoms with E-state index in [2.05, 4.69) is 11.9 Å². The first-order chi connectivity index (χ1) is 8.77. The van der Waals surface area contributed by atoms with Crippen LogP contribution in [-0.2, 0) is 4.79 Å². The van der Waals surface area contributed by atoms with E-state index in [0.29, 0.717) is 13.0 Å². The Morgan fingerprint density at radius 3 is 2.53 bits per heavy atom. The van der Waals surface area contributed by atoms with E-state index in [1.807, 2.05) is 20.8 Å². The maximum absolute atomic E-state index is 12.3. The van der Waals surface area contributed by atoms with Gasteiger partial charge >= 0.3 is 12.0 Å². The molecule has 0 bridgehead atoms. The van der Waals surface area contributed by atoms with Crippen LogP contribution in [0.2, 0.25) is 0 Å². The minimum absolute atomic E-state index is 0.217. The summed E-state index contributed by atoms with van der Waals surface area (Å²) in [7, 11) is 0. The van der Waals surface area contributed by atoms with E-state index in [4.69, 9.17) is 5.11 Å². The van der Waals surface area contributed by atoms with Crippen LogP contribution in [0, 0.1) is 5.92 Å². The van der Waals surface area contributed by atoms with Crippen molar-refractivity contribution in [3.63, 3.8) is 0 Å². The third-order valence-corrected chi connectivity index (χ3v) is 3.51. The highest BCUT2D eigenvalue weighted by atomic mass is 16.4. The average molecular weight is 268 g/mol. The molecule has 2 amide bonds. The molecule has 0 radical (unpaired) electrons. The summed E-state index contributed by atoms with van der Waals surface area (Å²) in [5.74, 6) is -1.29. The molecule has 19 heavy (non-hydrogen) atoms. The summed E-state index contributed by atoms with van der Waals surface area (Å²) in [5, 5.41) is 12.0. The van der Waals surface area contributed by atoms with Crippen molar-refractivity contribution in [1.29, 1.82) is 0 Å². The van der Waals surface area contributed by atoms with Crippen molar-refractivity contribution in [1.82, 2.24) is 10.2 Å². The molecule has 1 aliphatic carbocycles. The quantitative estimate of drug-likeness (QED) is 0.768. The Labute approximate surface area is 114 Å². The van der Waals surface area contributed by atoms with Crippen LogP contribution in [-0.4, -0.2) is 40.1 Å². The summed E-state index contributed by atoms with van der Waals surface area (Å²) in [6, 6.07) is -0.481. The zero-order valence-corrected chi connectivity index (χ0v) is 12.0. The monoisotopic (exact) mass is 268 g/mol. The third kappa shape index (κ3) is 3.98. The first-order valence-electron chi connectivity index (χ1n) is 6.69. The molecule has 0 aliphatic heterocycles. The molecule has 2 N–H and O–H groups in total. The van der Waals surface area contributed by atoms with E-state index >= 15 is 0 Å². The maximum Gasteiger partial charge on any atom is 0.318 e. The topological polar surface area (TPSA) is 69.6 Å². The lowest BCUT2D eigenvalue weighted by Gasteiger charge is -2.36. The van der Waals surface area contributed by atoms with Crippen LogP contribution in [0.5, 0.6) is 0 Å². The Morgan fingerprint density at radius 1 is 1.42 bits per heavy atom. The number of nitrogens with zero attached hydrogens (tertiary/aromatic N) is 1. The van der Waals surface area contributed by atoms with Crippen molar-refractivity contribution >= 4 is 12.0 Å². The summed E-state index contributed by atoms with van der Waals surface area (Å²) < 4.78 is 0. The zero-order chi connectivity index (χ0) is 14.6. The normalized spacial score (nSPS) is 22.9. The molecule has 0 heterocycles. The molecule has 1 saturated carbocycles. The Bertz CT molecular complexity index is 360. The molecule has 0 spiro atoms. The van der Waals surface area contributed by atoms with Crippen LogP contribution >= 0.6 is 0 Å². The van der Waals surface area contributed by atoms with Crippen LogP contribution in [0.15, 0.2) is 12.7 Å². The predicted molar refractivity (Wildman–Crippen MR) is 74.0 cm³/mol. The molecule has 0 aromatic rings. The Hall–Kier alpha value is -1.52. The smallest absolute Gasteiger partial charge is 0.318 e. The Kier molecular flexibility index (Phi) is 4.97. The first-order valence-corrected chi connectivity index (χ1v) is 6.69. The van der Waals surface area contributed by atoms with Gasteiger partial charge < -0.3 is 15.3 Å². The van der Waals surface area contributed by atoms with Crippen LogP contribution in [0.25, 0.3) is 0 Å². The summed E-state index contributed by atoms with van der Waals surface area (Å²) in [5.41, 5.74) is -0.324. The van der Waals surface area contributed by atoms with Gasteiger partial charge in [0.15, 0.2) is 0 Å². The maximum atomic E-state index is 12.3. The summed E-state index contributed by atoms with van der Waals surface area (Å²) in [6.45, 7) is 9.93. The van der Waals surface area contributed by atoms with Gasteiger partial charge in [0.05, 0.1) is 5.92 Å². The zero-order valence-electron chi connectivity index (χ0n) is 12.0. The Morgan fingerprint density at radius 2 is 2.05 bits per heavy atom. The number of carbonyl (C=O) groups is 2. The number of hydrogen-bond acceptors (Lipinski definition) is 2. The van der Waals surface area contributed by atoms with Crippen molar-refractivity contribution in [3.8, 4) is 0 Å². The van der Waals surface area contributed by atoms with Gasteiger partial charge in [0.25, 0.3) is 0 Å². The van der Waals surface area contributed by atoms with Crippen LogP contribution in [0.1, 0.15) is 40.0 Å². The molecule has 2 unspecified atom stereocenters. The SMILES string of the molecule is C=CCN(C(=O)NC1CCCC1C(=O)O)C(C)(C)C. The van der Waals surface area contributed by atoms with Gasteiger partial charge in [-0.2, -0.15) is 0 Å². The van der Waals surface area contributed by atoms with E-state index in [-0.39, 0.29) is 17.6 Å². The first kappa shape index (κ1) is 15.5. The van der Waals surface area contributed by atoms with Gasteiger partial charge in [-0.15, -0.1) is 6.58 Å². The number of carbonyl (C=O) groups excluding carboxylic acids is 1. The van der Waals surface area contributed by atoms with Gasteiger partial charge in [-0.25, -0.2) is 4.79 Å². The van der Waals surface area contributed by atoms with Gasteiger partial charge in [-0.3, -0.25) is 4.79 Å². The van der Waals surface area contributed by atoms with Crippen molar-refractivity contribution in [2.45, 2.75) is 51.6 Å². The van der Waals surface area contributed by atoms with Crippen molar-refractivity contribution in [2.24, 2.45) is 5.92 Å². The standard InChI is InChI=1S/C14H24N2O3/c1-5-9-16(14(2,3)4)13(19)15-11-8-6-7-10(11)12(17)18/h5,10-11H,1,6-9H2,2-4H3,(H,15,19)(H,17,18). The predicted octanol–water partition coefficient (Wildman–Crippen LogP) is 2.24. The van der Waals surface area contributed by atoms with E-state index in [1.54, 1.807) is 11.0 Å². The lowest BCUT2D eigenvalue weighted by Crippen LogP contribution is -2.53. The van der Waals surface area contributed by atoms with E-state index < -0.39 is 11.9 Å². The van der Waals surface area contributed by atoms with Crippen LogP contribution < -0.4 is 5.32 Å². The molecule has 0 aromatic heterocycles. The number of hydrogen-bond donors (Lipinski definition) is 2. The fourth-order valence-electron chi connectivity index (χ4n) is 2.46. The number of nitrogens with one attached hydrogen (secondary N) is 1. The molecule has 2 atom stereocenters. The van der Waals surface area contributed by atoms with Crippen LogP contribution in [0.4, 0.5) is 4.79 Å². The van der Waals surface area contributed by atoms with Gasteiger partial charge in [0, 0.05) is 18.1 Å². The second-order valence-corrected chi connectivity index (χ2v) is 6.00. The average Bonchev–Trinajstić information content (AvgIpc) is 2.72. The van der Waals surface area contributed by atoms with Gasteiger partial charge in [0.1, 0.15) is 0 Å². The molecule has 5 nitrogen and oxygen atoms in total. The van der Waals surface area contributed by atoms with E-state index in [9.17, 15) is 9.59 Å². The lowest BCUT2D eigenvalue weighted by molar-refractivity contribution is -0.142. The molecule has 1 aliphatic rings. The summed E-state index contributed by atoms with van der Waals surface area (Å²) in [6.07, 6.45) is 3.89. The Balaban J connectivity index is 2.71. The highest BCUT2D eigenvalue weighted by molar-refractivity contribution is 5.77. The third-order valence-electron chi connectivity index (χ3n) is 3.51. The second kappa shape index (κ2) is 6.08. The van der Waals surface area contributed by atoms with Gasteiger partial charge in [-0.1, -0.05) is 12.5 Å².